The summed E-state index contributed by atoms with van der Waals surface area (Å²) in [4.78, 5) is 0. The fourth-order valence-corrected chi connectivity index (χ4v) is 1.81. The molecule has 1 aliphatic rings. The molecule has 3 rings (SSSR count). The van der Waals surface area contributed by atoms with Crippen LogP contribution in [0.4, 0.5) is 5.88 Å². The Balaban J connectivity index is 2.17. The predicted octanol–water partition coefficient (Wildman–Crippen LogP) is 1.96. The zero-order valence-corrected chi connectivity index (χ0v) is 8.69. The SMILES string of the molecule is Cc1cc(-c2cnoc2N)cc2c1OCO2. The molecule has 2 heterocycles. The molecule has 0 aliphatic carbocycles. The summed E-state index contributed by atoms with van der Waals surface area (Å²) in [5.41, 5.74) is 8.35. The first-order valence-electron chi connectivity index (χ1n) is 4.86. The number of hydrogen-bond acceptors (Lipinski definition) is 5. The lowest BCUT2D eigenvalue weighted by molar-refractivity contribution is 0.173. The van der Waals surface area contributed by atoms with Gasteiger partial charge in [-0.3, -0.25) is 0 Å². The summed E-state index contributed by atoms with van der Waals surface area (Å²) in [5.74, 6) is 1.83. The summed E-state index contributed by atoms with van der Waals surface area (Å²) in [5, 5.41) is 3.65. The molecule has 16 heavy (non-hydrogen) atoms. The number of ether oxygens (including phenoxy) is 2. The average molecular weight is 218 g/mol. The van der Waals surface area contributed by atoms with E-state index >= 15 is 0 Å². The number of aromatic nitrogens is 1. The molecule has 0 spiro atoms. The van der Waals surface area contributed by atoms with Crippen LogP contribution in [0, 0.1) is 6.92 Å². The van der Waals surface area contributed by atoms with Gasteiger partial charge in [0, 0.05) is 0 Å². The van der Waals surface area contributed by atoms with Crippen molar-refractivity contribution in [2.45, 2.75) is 6.92 Å². The van der Waals surface area contributed by atoms with Gasteiger partial charge in [0.1, 0.15) is 0 Å². The quantitative estimate of drug-likeness (QED) is 0.792. The van der Waals surface area contributed by atoms with E-state index in [-0.39, 0.29) is 6.79 Å². The number of rotatable bonds is 1. The molecule has 5 nitrogen and oxygen atoms in total. The summed E-state index contributed by atoms with van der Waals surface area (Å²) in [6, 6.07) is 3.84. The molecule has 0 saturated carbocycles. The highest BCUT2D eigenvalue weighted by atomic mass is 16.7. The largest absolute Gasteiger partial charge is 0.454 e. The predicted molar refractivity (Wildman–Crippen MR) is 57.2 cm³/mol. The number of nitrogens with two attached hydrogens (primary N) is 1. The third-order valence-corrected chi connectivity index (χ3v) is 2.57. The summed E-state index contributed by atoms with van der Waals surface area (Å²) in [6.07, 6.45) is 1.59. The molecule has 2 N–H and O–H groups in total. The van der Waals surface area contributed by atoms with E-state index in [1.807, 2.05) is 19.1 Å². The fourth-order valence-electron chi connectivity index (χ4n) is 1.81. The van der Waals surface area contributed by atoms with Crippen molar-refractivity contribution in [2.24, 2.45) is 0 Å². The van der Waals surface area contributed by atoms with Crippen LogP contribution in [-0.4, -0.2) is 11.9 Å². The molecule has 0 atom stereocenters. The van der Waals surface area contributed by atoms with E-state index < -0.39 is 0 Å². The first-order chi connectivity index (χ1) is 7.75. The van der Waals surface area contributed by atoms with Crippen molar-refractivity contribution in [1.82, 2.24) is 5.16 Å². The minimum Gasteiger partial charge on any atom is -0.454 e. The maximum absolute atomic E-state index is 5.67. The minimum atomic E-state index is 0.263. The Morgan fingerprint density at radius 3 is 2.94 bits per heavy atom. The number of fused-ring (bicyclic) bond motifs is 1. The molecule has 82 valence electrons. The molecule has 0 saturated heterocycles. The van der Waals surface area contributed by atoms with Crippen LogP contribution in [0.1, 0.15) is 5.56 Å². The summed E-state index contributed by atoms with van der Waals surface area (Å²) < 4.78 is 15.5. The number of anilines is 1. The summed E-state index contributed by atoms with van der Waals surface area (Å²) >= 11 is 0. The number of nitrogens with zero attached hydrogens (tertiary/aromatic N) is 1. The van der Waals surface area contributed by atoms with Crippen molar-refractivity contribution in [3.8, 4) is 22.6 Å². The lowest BCUT2D eigenvalue weighted by atomic mass is 10.0. The highest BCUT2D eigenvalue weighted by molar-refractivity contribution is 5.75. The molecule has 1 aromatic carbocycles. The van der Waals surface area contributed by atoms with Gasteiger partial charge in [-0.15, -0.1) is 0 Å². The highest BCUT2D eigenvalue weighted by Gasteiger charge is 2.19. The Morgan fingerprint density at radius 1 is 1.31 bits per heavy atom. The van der Waals surface area contributed by atoms with Crippen LogP contribution < -0.4 is 15.2 Å². The maximum Gasteiger partial charge on any atom is 0.231 e. The van der Waals surface area contributed by atoms with Crippen LogP contribution in [0.5, 0.6) is 11.5 Å². The minimum absolute atomic E-state index is 0.263. The van der Waals surface area contributed by atoms with Gasteiger partial charge in [0.05, 0.1) is 11.8 Å². The van der Waals surface area contributed by atoms with E-state index in [1.54, 1.807) is 6.20 Å². The van der Waals surface area contributed by atoms with Crippen LogP contribution in [0.25, 0.3) is 11.1 Å². The Hall–Kier alpha value is -2.17. The zero-order chi connectivity index (χ0) is 11.1. The Kier molecular flexibility index (Phi) is 1.80. The fraction of sp³-hybridized carbons (Fsp3) is 0.182. The molecule has 2 aromatic rings. The van der Waals surface area contributed by atoms with Gasteiger partial charge in [-0.05, 0) is 30.2 Å². The first kappa shape index (κ1) is 9.08. The van der Waals surface area contributed by atoms with Crippen LogP contribution in [0.15, 0.2) is 22.9 Å². The molecule has 5 heteroatoms. The van der Waals surface area contributed by atoms with Crippen molar-refractivity contribution in [1.29, 1.82) is 0 Å². The van der Waals surface area contributed by atoms with Crippen molar-refractivity contribution in [2.75, 3.05) is 12.5 Å². The van der Waals surface area contributed by atoms with E-state index in [4.69, 9.17) is 19.7 Å². The zero-order valence-electron chi connectivity index (χ0n) is 8.69. The van der Waals surface area contributed by atoms with Crippen LogP contribution >= 0.6 is 0 Å². The van der Waals surface area contributed by atoms with E-state index in [0.29, 0.717) is 5.88 Å². The van der Waals surface area contributed by atoms with Crippen LogP contribution in [0.3, 0.4) is 0 Å². The molecule has 0 unspecified atom stereocenters. The summed E-state index contributed by atoms with van der Waals surface area (Å²) in [7, 11) is 0. The van der Waals surface area contributed by atoms with Crippen molar-refractivity contribution in [3.63, 3.8) is 0 Å². The maximum atomic E-state index is 5.67. The van der Waals surface area contributed by atoms with Crippen molar-refractivity contribution in [3.05, 3.63) is 23.9 Å². The lowest BCUT2D eigenvalue weighted by Crippen LogP contribution is -1.93. The van der Waals surface area contributed by atoms with Gasteiger partial charge in [-0.1, -0.05) is 5.16 Å². The number of nitrogen functional groups attached to an aromatic ring is 1. The molecule has 0 bridgehead atoms. The smallest absolute Gasteiger partial charge is 0.231 e. The molecule has 1 aliphatic heterocycles. The van der Waals surface area contributed by atoms with Gasteiger partial charge in [0.2, 0.25) is 12.7 Å². The van der Waals surface area contributed by atoms with E-state index in [0.717, 1.165) is 28.2 Å². The molecule has 0 radical (unpaired) electrons. The molecular formula is C11H10N2O3. The van der Waals surface area contributed by atoms with Gasteiger partial charge in [-0.25, -0.2) is 0 Å². The number of hydrogen-bond donors (Lipinski definition) is 1. The van der Waals surface area contributed by atoms with Gasteiger partial charge in [-0.2, -0.15) is 0 Å². The van der Waals surface area contributed by atoms with E-state index in [2.05, 4.69) is 5.16 Å². The molecule has 1 aromatic heterocycles. The third kappa shape index (κ3) is 1.21. The third-order valence-electron chi connectivity index (χ3n) is 2.57. The Morgan fingerprint density at radius 2 is 2.19 bits per heavy atom. The van der Waals surface area contributed by atoms with E-state index in [9.17, 15) is 0 Å². The van der Waals surface area contributed by atoms with Gasteiger partial charge < -0.3 is 19.7 Å². The van der Waals surface area contributed by atoms with Crippen molar-refractivity contribution < 1.29 is 14.0 Å². The lowest BCUT2D eigenvalue weighted by Gasteiger charge is -2.04. The standard InChI is InChI=1S/C11H10N2O3/c1-6-2-7(8-4-13-16-11(8)12)3-9-10(6)15-5-14-9/h2-4H,5,12H2,1H3. The normalized spacial score (nSPS) is 13.1. The number of aryl methyl sites for hydroxylation is 1. The average Bonchev–Trinajstić information content (AvgIpc) is 2.85. The van der Waals surface area contributed by atoms with Crippen LogP contribution in [-0.2, 0) is 0 Å². The highest BCUT2D eigenvalue weighted by Crippen LogP contribution is 2.40. The summed E-state index contributed by atoms with van der Waals surface area (Å²) in [6.45, 7) is 2.22. The second-order valence-electron chi connectivity index (χ2n) is 3.63. The molecule has 0 amide bonds. The number of benzene rings is 1. The van der Waals surface area contributed by atoms with Gasteiger partial charge in [0.15, 0.2) is 11.5 Å². The van der Waals surface area contributed by atoms with E-state index in [1.165, 1.54) is 0 Å². The second kappa shape index (κ2) is 3.16. The Bertz CT molecular complexity index is 548. The molecular weight excluding hydrogens is 208 g/mol. The topological polar surface area (TPSA) is 70.5 Å². The second-order valence-corrected chi connectivity index (χ2v) is 3.63. The van der Waals surface area contributed by atoms with Gasteiger partial charge >= 0.3 is 0 Å². The van der Waals surface area contributed by atoms with Gasteiger partial charge in [0.25, 0.3) is 0 Å². The van der Waals surface area contributed by atoms with Crippen LogP contribution in [0.2, 0.25) is 0 Å². The first-order valence-corrected chi connectivity index (χ1v) is 4.86. The monoisotopic (exact) mass is 218 g/mol. The van der Waals surface area contributed by atoms with Crippen molar-refractivity contribution >= 4 is 5.88 Å². The molecule has 0 fully saturated rings. The Labute approximate surface area is 91.7 Å².